The van der Waals surface area contributed by atoms with Gasteiger partial charge < -0.3 is 16.0 Å². The highest BCUT2D eigenvalue weighted by molar-refractivity contribution is 5.94. The summed E-state index contributed by atoms with van der Waals surface area (Å²) in [6.07, 6.45) is 7.21. The molecular weight excluding hydrogens is 398 g/mol. The van der Waals surface area contributed by atoms with Crippen molar-refractivity contribution >= 4 is 5.91 Å². The first kappa shape index (κ1) is 22.4. The lowest BCUT2D eigenvalue weighted by Crippen LogP contribution is -2.43. The molecule has 1 aliphatic rings. The summed E-state index contributed by atoms with van der Waals surface area (Å²) in [5.74, 6) is -1.87. The maximum atomic E-state index is 14.3. The quantitative estimate of drug-likeness (QED) is 0.684. The van der Waals surface area contributed by atoms with E-state index in [9.17, 15) is 13.6 Å². The minimum absolute atomic E-state index is 0.00829. The Morgan fingerprint density at radius 1 is 1.26 bits per heavy atom. The summed E-state index contributed by atoms with van der Waals surface area (Å²) in [5, 5.41) is 2.80. The molecule has 162 valence electrons. The molecule has 0 bridgehead atoms. The number of hydrogen-bond acceptors (Lipinski definition) is 4. The van der Waals surface area contributed by atoms with Crippen LogP contribution >= 0.6 is 0 Å². The molecule has 1 aromatic heterocycles. The second kappa shape index (κ2) is 10.1. The van der Waals surface area contributed by atoms with Crippen LogP contribution in [-0.4, -0.2) is 34.9 Å². The van der Waals surface area contributed by atoms with Gasteiger partial charge in [-0.25, -0.2) is 13.8 Å². The van der Waals surface area contributed by atoms with E-state index in [1.807, 2.05) is 19.1 Å². The fourth-order valence-electron chi connectivity index (χ4n) is 3.57. The van der Waals surface area contributed by atoms with Crippen molar-refractivity contribution in [2.45, 2.75) is 25.8 Å². The molecule has 1 aliphatic heterocycles. The third-order valence-electron chi connectivity index (χ3n) is 5.06. The largest absolute Gasteiger partial charge is 0.368 e. The first-order valence-electron chi connectivity index (χ1n) is 10.2. The van der Waals surface area contributed by atoms with E-state index in [1.165, 1.54) is 24.3 Å². The summed E-state index contributed by atoms with van der Waals surface area (Å²) in [4.78, 5) is 19.1. The maximum absolute atomic E-state index is 14.3. The summed E-state index contributed by atoms with van der Waals surface area (Å²) in [6.45, 7) is 7.18. The van der Waals surface area contributed by atoms with Crippen molar-refractivity contribution in [1.82, 2.24) is 15.2 Å². The van der Waals surface area contributed by atoms with Crippen molar-refractivity contribution < 1.29 is 13.6 Å². The predicted molar refractivity (Wildman–Crippen MR) is 118 cm³/mol. The van der Waals surface area contributed by atoms with Crippen LogP contribution in [0.1, 0.15) is 30.3 Å². The second-order valence-corrected chi connectivity index (χ2v) is 7.31. The van der Waals surface area contributed by atoms with E-state index in [1.54, 1.807) is 12.1 Å². The maximum Gasteiger partial charge on any atom is 0.274 e. The molecule has 2 aromatic rings. The monoisotopic (exact) mass is 424 g/mol. The highest BCUT2D eigenvalue weighted by Gasteiger charge is 2.21. The lowest BCUT2D eigenvalue weighted by atomic mass is 10.1. The van der Waals surface area contributed by atoms with Gasteiger partial charge in [0.15, 0.2) is 0 Å². The number of nitrogens with two attached hydrogens (primary N) is 1. The summed E-state index contributed by atoms with van der Waals surface area (Å²) in [7, 11) is 0. The van der Waals surface area contributed by atoms with Gasteiger partial charge in [-0.15, -0.1) is 0 Å². The van der Waals surface area contributed by atoms with Gasteiger partial charge in [0.2, 0.25) is 0 Å². The van der Waals surface area contributed by atoms with E-state index in [2.05, 4.69) is 21.8 Å². The van der Waals surface area contributed by atoms with Crippen molar-refractivity contribution in [3.05, 3.63) is 89.9 Å². The van der Waals surface area contributed by atoms with Gasteiger partial charge in [-0.05, 0) is 56.2 Å². The number of hydrogen-bond donors (Lipinski definition) is 2. The van der Waals surface area contributed by atoms with Gasteiger partial charge in [-0.1, -0.05) is 24.8 Å². The molecular formula is C24H26F2N4O. The van der Waals surface area contributed by atoms with Crippen molar-refractivity contribution in [3.63, 3.8) is 0 Å². The minimum Gasteiger partial charge on any atom is -0.368 e. The van der Waals surface area contributed by atoms with Gasteiger partial charge in [0, 0.05) is 24.7 Å². The molecule has 0 radical (unpaired) electrons. The zero-order valence-electron chi connectivity index (χ0n) is 17.4. The van der Waals surface area contributed by atoms with Crippen LogP contribution in [-0.2, 0) is 0 Å². The van der Waals surface area contributed by atoms with Gasteiger partial charge in [0.25, 0.3) is 5.91 Å². The number of rotatable bonds is 6. The summed E-state index contributed by atoms with van der Waals surface area (Å²) in [6, 6.07) is 8.15. The van der Waals surface area contributed by atoms with Crippen LogP contribution < -0.4 is 11.1 Å². The van der Waals surface area contributed by atoms with Gasteiger partial charge in [-0.2, -0.15) is 0 Å². The summed E-state index contributed by atoms with van der Waals surface area (Å²) < 4.78 is 28.5. The lowest BCUT2D eigenvalue weighted by molar-refractivity contribution is 0.0960. The van der Waals surface area contributed by atoms with Crippen molar-refractivity contribution in [2.24, 2.45) is 5.73 Å². The van der Waals surface area contributed by atoms with Crippen molar-refractivity contribution in [3.8, 4) is 11.3 Å². The normalized spacial score (nSPS) is 17.4. The van der Waals surface area contributed by atoms with Crippen LogP contribution in [0, 0.1) is 11.6 Å². The van der Waals surface area contributed by atoms with Crippen LogP contribution in [0.5, 0.6) is 0 Å². The molecule has 1 amide bonds. The zero-order valence-corrected chi connectivity index (χ0v) is 17.4. The number of carbonyl (C=O) groups is 1. The van der Waals surface area contributed by atoms with Gasteiger partial charge in [0.05, 0.1) is 11.4 Å². The molecule has 7 heteroatoms. The van der Waals surface area contributed by atoms with E-state index in [4.69, 9.17) is 5.73 Å². The Balaban J connectivity index is 1.93. The molecule has 0 unspecified atom stereocenters. The highest BCUT2D eigenvalue weighted by Crippen LogP contribution is 2.24. The molecule has 3 N–H and O–H groups in total. The Kier molecular flexibility index (Phi) is 7.31. The zero-order chi connectivity index (χ0) is 22.4. The Bertz CT molecular complexity index is 1030. The fraction of sp³-hybridized carbons (Fsp3) is 0.250. The second-order valence-electron chi connectivity index (χ2n) is 7.31. The number of likely N-dealkylation sites (tertiary alicyclic amines) is 1. The van der Waals surface area contributed by atoms with E-state index in [0.717, 1.165) is 31.1 Å². The fourth-order valence-corrected chi connectivity index (χ4v) is 3.57. The third kappa shape index (κ3) is 5.24. The number of aromatic nitrogens is 1. The molecule has 2 heterocycles. The van der Waals surface area contributed by atoms with Crippen LogP contribution in [0.3, 0.4) is 0 Å². The number of carbonyl (C=O) groups excluding carboxylic acids is 1. The molecule has 1 atom stereocenters. The average Bonchev–Trinajstić information content (AvgIpc) is 2.77. The van der Waals surface area contributed by atoms with E-state index in [0.29, 0.717) is 12.2 Å². The predicted octanol–water partition coefficient (Wildman–Crippen LogP) is 4.15. The average molecular weight is 424 g/mol. The Labute approximate surface area is 181 Å². The van der Waals surface area contributed by atoms with Crippen LogP contribution in [0.4, 0.5) is 8.78 Å². The number of benzene rings is 1. The highest BCUT2D eigenvalue weighted by atomic mass is 19.1. The number of piperidine rings is 1. The van der Waals surface area contributed by atoms with Crippen LogP contribution in [0.25, 0.3) is 11.3 Å². The smallest absolute Gasteiger partial charge is 0.274 e. The molecule has 3 rings (SSSR count). The molecule has 5 nitrogen and oxygen atoms in total. The number of nitrogens with one attached hydrogen (secondary N) is 1. The molecule has 0 aliphatic carbocycles. The molecule has 1 saturated heterocycles. The Morgan fingerprint density at radius 3 is 2.71 bits per heavy atom. The first-order chi connectivity index (χ1) is 14.9. The summed E-state index contributed by atoms with van der Waals surface area (Å²) in [5.41, 5.74) is 7.14. The summed E-state index contributed by atoms with van der Waals surface area (Å²) >= 11 is 0. The topological polar surface area (TPSA) is 71.2 Å². The molecule has 31 heavy (non-hydrogen) atoms. The number of halogens is 2. The minimum atomic E-state index is -0.710. The van der Waals surface area contributed by atoms with Gasteiger partial charge in [-0.3, -0.25) is 4.79 Å². The first-order valence-corrected chi connectivity index (χ1v) is 10.2. The molecule has 0 saturated carbocycles. The molecule has 1 fully saturated rings. The van der Waals surface area contributed by atoms with Gasteiger partial charge in [0.1, 0.15) is 23.0 Å². The van der Waals surface area contributed by atoms with Crippen molar-refractivity contribution in [2.75, 3.05) is 13.1 Å². The van der Waals surface area contributed by atoms with Crippen molar-refractivity contribution in [1.29, 1.82) is 0 Å². The van der Waals surface area contributed by atoms with Crippen LogP contribution in [0.2, 0.25) is 0 Å². The number of pyridine rings is 1. The Morgan fingerprint density at radius 2 is 2.03 bits per heavy atom. The number of allylic oxidation sites excluding steroid dienone is 3. The van der Waals surface area contributed by atoms with Gasteiger partial charge >= 0.3 is 0 Å². The standard InChI is InChI=1S/C24H26F2N4O/c1-3-8-22(30-14-7-9-16(27)15-30)20(4-2)29-24(31)21-13-12-19(26)23(28-21)17-10-5-6-11-18(17)25/h3-6,8,10-13,16H,2,7,9,14-15,27H2,1H3,(H,29,31)/b8-3-,22-20-/t16-/m0/s1. The van der Waals surface area contributed by atoms with Crippen LogP contribution in [0.15, 0.2) is 72.6 Å². The van der Waals surface area contributed by atoms with E-state index in [-0.39, 0.29) is 23.0 Å². The Hall–Kier alpha value is -3.32. The molecule has 0 spiro atoms. The van der Waals surface area contributed by atoms with E-state index < -0.39 is 17.5 Å². The number of nitrogens with zero attached hydrogens (tertiary/aromatic N) is 2. The third-order valence-corrected chi connectivity index (χ3v) is 5.06. The SMILES string of the molecule is C=C/C(NC(=O)c1ccc(F)c(-c2ccccc2F)n1)=C(\C=C/C)N1CCC[C@H](N)C1. The molecule has 1 aromatic carbocycles. The number of amides is 1. The lowest BCUT2D eigenvalue weighted by Gasteiger charge is -2.34. The van der Waals surface area contributed by atoms with E-state index >= 15 is 0 Å².